The van der Waals surface area contributed by atoms with Crippen LogP contribution in [0, 0.1) is 5.92 Å². The third kappa shape index (κ3) is 3.90. The van der Waals surface area contributed by atoms with E-state index in [1.54, 1.807) is 24.0 Å². The molecule has 2 bridgehead atoms. The van der Waals surface area contributed by atoms with Crippen molar-refractivity contribution < 1.29 is 4.79 Å². The number of pyridine rings is 1. The van der Waals surface area contributed by atoms with Crippen molar-refractivity contribution >= 4 is 29.3 Å². The van der Waals surface area contributed by atoms with Crippen LogP contribution >= 0.6 is 23.4 Å². The van der Waals surface area contributed by atoms with Gasteiger partial charge in [0.1, 0.15) is 5.15 Å². The van der Waals surface area contributed by atoms with Gasteiger partial charge in [-0.1, -0.05) is 23.4 Å². The molecule has 136 valence electrons. The van der Waals surface area contributed by atoms with Crippen molar-refractivity contribution in [1.82, 2.24) is 15.2 Å². The maximum absolute atomic E-state index is 12.6. The van der Waals surface area contributed by atoms with E-state index in [4.69, 9.17) is 11.6 Å². The number of hydrogen-bond acceptors (Lipinski definition) is 4. The Bertz CT molecular complexity index is 781. The Morgan fingerprint density at radius 3 is 2.62 bits per heavy atom. The Morgan fingerprint density at radius 2 is 2.00 bits per heavy atom. The van der Waals surface area contributed by atoms with Crippen molar-refractivity contribution in [2.75, 3.05) is 13.1 Å². The Hall–Kier alpha value is -1.56. The molecule has 5 rings (SSSR count). The maximum atomic E-state index is 12.6. The van der Waals surface area contributed by atoms with Gasteiger partial charge < -0.3 is 5.32 Å². The van der Waals surface area contributed by atoms with Gasteiger partial charge in [0.15, 0.2) is 0 Å². The van der Waals surface area contributed by atoms with Crippen LogP contribution in [0.15, 0.2) is 52.4 Å². The quantitative estimate of drug-likeness (QED) is 0.802. The molecule has 6 heteroatoms. The second kappa shape index (κ2) is 7.59. The van der Waals surface area contributed by atoms with Gasteiger partial charge in [0.25, 0.3) is 5.91 Å². The minimum Gasteiger partial charge on any atom is -0.348 e. The summed E-state index contributed by atoms with van der Waals surface area (Å²) >= 11 is 7.42. The summed E-state index contributed by atoms with van der Waals surface area (Å²) in [5.74, 6) is 0.646. The summed E-state index contributed by atoms with van der Waals surface area (Å²) in [6.45, 7) is 4.44. The average Bonchev–Trinajstić information content (AvgIpc) is 2.65. The lowest BCUT2D eigenvalue weighted by atomic mass is 9.80. The largest absolute Gasteiger partial charge is 0.348 e. The van der Waals surface area contributed by atoms with Gasteiger partial charge in [-0.15, -0.1) is 0 Å². The number of nitrogens with zero attached hydrogens (tertiary/aromatic N) is 2. The molecule has 3 aliphatic heterocycles. The highest BCUT2D eigenvalue weighted by atomic mass is 35.5. The molecule has 0 saturated carbocycles. The Kier molecular flexibility index (Phi) is 5.20. The van der Waals surface area contributed by atoms with Crippen LogP contribution < -0.4 is 5.32 Å². The standard InChI is InChI=1S/C20H22ClN3OS/c1-13-10-15-8-9-24(13)12-18(15)23-20(25)14-2-4-16(5-3-14)26-17-6-7-19(21)22-11-17/h2-7,11,13,15,18H,8-10,12H2,1H3,(H,23,25). The fourth-order valence-corrected chi connectivity index (χ4v) is 4.84. The van der Waals surface area contributed by atoms with Gasteiger partial charge in [-0.2, -0.15) is 0 Å². The molecule has 2 aromatic rings. The molecule has 1 aromatic carbocycles. The predicted octanol–water partition coefficient (Wildman–Crippen LogP) is 4.10. The van der Waals surface area contributed by atoms with Crippen molar-refractivity contribution in [1.29, 1.82) is 0 Å². The van der Waals surface area contributed by atoms with Gasteiger partial charge in [-0.3, -0.25) is 9.69 Å². The van der Waals surface area contributed by atoms with E-state index in [2.05, 4.69) is 22.1 Å². The average molecular weight is 388 g/mol. The number of carbonyl (C=O) groups is 1. The molecule has 1 amide bonds. The van der Waals surface area contributed by atoms with Crippen LogP contribution in [0.25, 0.3) is 0 Å². The molecule has 4 heterocycles. The number of hydrogen-bond donors (Lipinski definition) is 1. The van der Waals surface area contributed by atoms with Gasteiger partial charge in [-0.25, -0.2) is 4.98 Å². The van der Waals surface area contributed by atoms with Gasteiger partial charge in [0, 0.05) is 40.2 Å². The van der Waals surface area contributed by atoms with Crippen molar-refractivity contribution in [3.8, 4) is 0 Å². The number of halogens is 1. The van der Waals surface area contributed by atoms with E-state index in [0.717, 1.165) is 16.3 Å². The molecule has 4 atom stereocenters. The highest BCUT2D eigenvalue weighted by Gasteiger charge is 2.38. The summed E-state index contributed by atoms with van der Waals surface area (Å²) in [6.07, 6.45) is 4.14. The van der Waals surface area contributed by atoms with Crippen LogP contribution in [0.3, 0.4) is 0 Å². The molecule has 0 aliphatic carbocycles. The van der Waals surface area contributed by atoms with Crippen LogP contribution in [0.2, 0.25) is 5.15 Å². The molecule has 3 fully saturated rings. The Labute approximate surface area is 163 Å². The molecule has 1 N–H and O–H groups in total. The molecule has 1 aromatic heterocycles. The molecule has 4 nitrogen and oxygen atoms in total. The summed E-state index contributed by atoms with van der Waals surface area (Å²) in [5.41, 5.74) is 0.716. The molecule has 4 unspecified atom stereocenters. The van der Waals surface area contributed by atoms with Gasteiger partial charge >= 0.3 is 0 Å². The van der Waals surface area contributed by atoms with Crippen molar-refractivity contribution in [3.05, 3.63) is 53.3 Å². The minimum absolute atomic E-state index is 0.0288. The predicted molar refractivity (Wildman–Crippen MR) is 105 cm³/mol. The van der Waals surface area contributed by atoms with E-state index in [0.29, 0.717) is 22.7 Å². The molecule has 26 heavy (non-hydrogen) atoms. The van der Waals surface area contributed by atoms with E-state index in [1.807, 2.05) is 30.3 Å². The Morgan fingerprint density at radius 1 is 1.23 bits per heavy atom. The second-order valence-corrected chi connectivity index (χ2v) is 8.69. The Balaban J connectivity index is 1.37. The van der Waals surface area contributed by atoms with Crippen molar-refractivity contribution in [2.24, 2.45) is 5.92 Å². The number of fused-ring (bicyclic) bond motifs is 3. The summed E-state index contributed by atoms with van der Waals surface area (Å²) < 4.78 is 0. The first-order valence-corrected chi connectivity index (χ1v) is 10.2. The van der Waals surface area contributed by atoms with E-state index in [1.165, 1.54) is 19.4 Å². The van der Waals surface area contributed by atoms with Gasteiger partial charge in [-0.05, 0) is 68.6 Å². The first-order valence-electron chi connectivity index (χ1n) is 9.03. The van der Waals surface area contributed by atoms with Crippen LogP contribution in [0.4, 0.5) is 0 Å². The van der Waals surface area contributed by atoms with Crippen LogP contribution in [0.5, 0.6) is 0 Å². The summed E-state index contributed by atoms with van der Waals surface area (Å²) in [5, 5.41) is 3.74. The maximum Gasteiger partial charge on any atom is 0.251 e. The second-order valence-electron chi connectivity index (χ2n) is 7.15. The lowest BCUT2D eigenvalue weighted by Gasteiger charge is -2.48. The first-order chi connectivity index (χ1) is 12.6. The lowest BCUT2D eigenvalue weighted by Crippen LogP contribution is -2.60. The molecular formula is C20H22ClN3OS. The number of aromatic nitrogens is 1. The number of benzene rings is 1. The van der Waals surface area contributed by atoms with E-state index in [-0.39, 0.29) is 11.9 Å². The molecule has 3 saturated heterocycles. The third-order valence-electron chi connectivity index (χ3n) is 5.42. The molecule has 0 radical (unpaired) electrons. The highest BCUT2D eigenvalue weighted by Crippen LogP contribution is 2.32. The first kappa shape index (κ1) is 17.8. The zero-order valence-corrected chi connectivity index (χ0v) is 16.3. The summed E-state index contributed by atoms with van der Waals surface area (Å²) in [7, 11) is 0. The van der Waals surface area contributed by atoms with E-state index in [9.17, 15) is 4.79 Å². The van der Waals surface area contributed by atoms with Crippen molar-refractivity contribution in [2.45, 2.75) is 41.6 Å². The molecule has 0 spiro atoms. The van der Waals surface area contributed by atoms with E-state index < -0.39 is 0 Å². The van der Waals surface area contributed by atoms with Gasteiger partial charge in [0.2, 0.25) is 0 Å². The molecule has 3 aliphatic rings. The summed E-state index contributed by atoms with van der Waals surface area (Å²) in [4.78, 5) is 21.3. The number of piperidine rings is 3. The third-order valence-corrected chi connectivity index (χ3v) is 6.63. The normalized spacial score (nSPS) is 27.3. The smallest absolute Gasteiger partial charge is 0.251 e. The van der Waals surface area contributed by atoms with Crippen LogP contribution in [-0.4, -0.2) is 41.0 Å². The number of rotatable bonds is 4. The molecular weight excluding hydrogens is 366 g/mol. The fraction of sp³-hybridized carbons (Fsp3) is 0.400. The van der Waals surface area contributed by atoms with Gasteiger partial charge in [0.05, 0.1) is 0 Å². The topological polar surface area (TPSA) is 45.2 Å². The lowest BCUT2D eigenvalue weighted by molar-refractivity contribution is 0.0274. The number of carbonyl (C=O) groups excluding carboxylic acids is 1. The van der Waals surface area contributed by atoms with Crippen LogP contribution in [-0.2, 0) is 0 Å². The van der Waals surface area contributed by atoms with Crippen LogP contribution in [0.1, 0.15) is 30.1 Å². The number of amides is 1. The zero-order valence-electron chi connectivity index (χ0n) is 14.7. The fourth-order valence-electron chi connectivity index (χ4n) is 3.94. The van der Waals surface area contributed by atoms with Crippen molar-refractivity contribution in [3.63, 3.8) is 0 Å². The highest BCUT2D eigenvalue weighted by molar-refractivity contribution is 7.99. The zero-order chi connectivity index (χ0) is 18.1. The summed E-state index contributed by atoms with van der Waals surface area (Å²) in [6, 6.07) is 12.4. The number of nitrogens with one attached hydrogen (secondary N) is 1. The minimum atomic E-state index is 0.0288. The monoisotopic (exact) mass is 387 g/mol. The van der Waals surface area contributed by atoms with E-state index >= 15 is 0 Å². The SMILES string of the molecule is CC1CC2CCN1CC2NC(=O)c1ccc(Sc2ccc(Cl)nc2)cc1.